The molecule has 0 radical (unpaired) electrons. The number of anilines is 2. The Kier molecular flexibility index (Phi) is 6.40. The molecule has 1 amide bonds. The average molecular weight is 323 g/mol. The summed E-state index contributed by atoms with van der Waals surface area (Å²) in [5.41, 5.74) is 0. The highest BCUT2D eigenvalue weighted by Gasteiger charge is 2.23. The number of nitrogens with zero attached hydrogens (tertiary/aromatic N) is 4. The minimum atomic E-state index is -0.243. The van der Waals surface area contributed by atoms with Gasteiger partial charge < -0.3 is 24.6 Å². The highest BCUT2D eigenvalue weighted by molar-refractivity contribution is 5.68. The van der Waals surface area contributed by atoms with Gasteiger partial charge in [-0.25, -0.2) is 14.8 Å². The third kappa shape index (κ3) is 4.95. The van der Waals surface area contributed by atoms with Gasteiger partial charge in [0.15, 0.2) is 0 Å². The van der Waals surface area contributed by atoms with E-state index >= 15 is 0 Å². The Morgan fingerprint density at radius 2 is 2.04 bits per heavy atom. The van der Waals surface area contributed by atoms with Gasteiger partial charge >= 0.3 is 6.09 Å². The first-order valence-corrected chi connectivity index (χ1v) is 7.89. The van der Waals surface area contributed by atoms with Crippen molar-refractivity contribution in [1.82, 2.24) is 14.9 Å². The maximum Gasteiger partial charge on any atom is 0.409 e. The van der Waals surface area contributed by atoms with Crippen LogP contribution in [0.1, 0.15) is 12.7 Å². The Morgan fingerprint density at radius 1 is 1.30 bits per heavy atom. The number of carbonyl (C=O) groups excluding carboxylic acids is 1. The van der Waals surface area contributed by atoms with Gasteiger partial charge in [-0.2, -0.15) is 0 Å². The second kappa shape index (κ2) is 8.52. The largest absolute Gasteiger partial charge is 0.450 e. The van der Waals surface area contributed by atoms with Crippen molar-refractivity contribution in [3.63, 3.8) is 0 Å². The van der Waals surface area contributed by atoms with Crippen molar-refractivity contribution in [2.45, 2.75) is 13.8 Å². The van der Waals surface area contributed by atoms with Gasteiger partial charge in [-0.05, 0) is 13.8 Å². The molecular weight excluding hydrogens is 298 g/mol. The second-order valence-electron chi connectivity index (χ2n) is 5.25. The predicted octanol–water partition coefficient (Wildman–Crippen LogP) is 1.12. The van der Waals surface area contributed by atoms with Crippen LogP contribution in [-0.2, 0) is 9.47 Å². The van der Waals surface area contributed by atoms with Gasteiger partial charge in [0.05, 0.1) is 13.2 Å². The number of rotatable bonds is 6. The summed E-state index contributed by atoms with van der Waals surface area (Å²) >= 11 is 0. The van der Waals surface area contributed by atoms with Crippen LogP contribution in [0.15, 0.2) is 6.07 Å². The fourth-order valence-corrected chi connectivity index (χ4v) is 2.42. The van der Waals surface area contributed by atoms with Gasteiger partial charge in [-0.3, -0.25) is 0 Å². The maximum absolute atomic E-state index is 11.7. The average Bonchev–Trinajstić information content (AvgIpc) is 2.55. The van der Waals surface area contributed by atoms with E-state index in [1.165, 1.54) is 0 Å². The van der Waals surface area contributed by atoms with E-state index < -0.39 is 0 Å². The van der Waals surface area contributed by atoms with Crippen LogP contribution in [0.4, 0.5) is 16.4 Å². The zero-order chi connectivity index (χ0) is 16.7. The molecule has 2 rings (SSSR count). The quantitative estimate of drug-likeness (QED) is 0.786. The fourth-order valence-electron chi connectivity index (χ4n) is 2.42. The van der Waals surface area contributed by atoms with Gasteiger partial charge in [0, 0.05) is 45.9 Å². The second-order valence-corrected chi connectivity index (χ2v) is 5.25. The summed E-state index contributed by atoms with van der Waals surface area (Å²) < 4.78 is 10.1. The molecule has 0 aliphatic carbocycles. The van der Waals surface area contributed by atoms with Crippen molar-refractivity contribution < 1.29 is 14.3 Å². The number of piperazine rings is 1. The van der Waals surface area contributed by atoms with Crippen molar-refractivity contribution in [2.75, 3.05) is 63.3 Å². The third-order valence-electron chi connectivity index (χ3n) is 3.57. The van der Waals surface area contributed by atoms with Crippen LogP contribution >= 0.6 is 0 Å². The zero-order valence-electron chi connectivity index (χ0n) is 14.0. The summed E-state index contributed by atoms with van der Waals surface area (Å²) in [4.78, 5) is 24.5. The molecule has 128 valence electrons. The molecule has 1 aliphatic rings. The summed E-state index contributed by atoms with van der Waals surface area (Å²) in [6, 6.07) is 1.93. The lowest BCUT2D eigenvalue weighted by molar-refractivity contribution is 0.105. The standard InChI is InChI=1S/C15H25N5O3/c1-4-23-15(21)20-8-6-19(7-9-20)14-11-13(16-5-10-22-3)17-12(2)18-14/h11H,4-10H2,1-3H3,(H,16,17,18). The highest BCUT2D eigenvalue weighted by atomic mass is 16.6. The SMILES string of the molecule is CCOC(=O)N1CCN(c2cc(NCCOC)nc(C)n2)CC1. The minimum absolute atomic E-state index is 0.243. The van der Waals surface area contributed by atoms with E-state index in [-0.39, 0.29) is 6.09 Å². The zero-order valence-corrected chi connectivity index (χ0v) is 14.0. The van der Waals surface area contributed by atoms with E-state index in [0.717, 1.165) is 30.5 Å². The normalized spacial score (nSPS) is 14.7. The molecule has 0 unspecified atom stereocenters. The molecule has 0 spiro atoms. The number of aryl methyl sites for hydroxylation is 1. The monoisotopic (exact) mass is 323 g/mol. The molecule has 23 heavy (non-hydrogen) atoms. The Hall–Kier alpha value is -2.09. The van der Waals surface area contributed by atoms with E-state index in [1.54, 1.807) is 12.0 Å². The molecule has 1 aliphatic heterocycles. The number of amides is 1. The molecule has 0 atom stereocenters. The molecule has 1 saturated heterocycles. The summed E-state index contributed by atoms with van der Waals surface area (Å²) in [5, 5.41) is 3.22. The maximum atomic E-state index is 11.7. The van der Waals surface area contributed by atoms with Crippen molar-refractivity contribution >= 4 is 17.7 Å². The van der Waals surface area contributed by atoms with Crippen molar-refractivity contribution in [3.05, 3.63) is 11.9 Å². The van der Waals surface area contributed by atoms with Crippen LogP contribution in [0.5, 0.6) is 0 Å². The molecule has 0 bridgehead atoms. The molecule has 1 aromatic heterocycles. The summed E-state index contributed by atoms with van der Waals surface area (Å²) in [6.07, 6.45) is -0.243. The van der Waals surface area contributed by atoms with E-state index in [4.69, 9.17) is 9.47 Å². The summed E-state index contributed by atoms with van der Waals surface area (Å²) in [5.74, 6) is 2.38. The number of nitrogens with one attached hydrogen (secondary N) is 1. The van der Waals surface area contributed by atoms with Crippen LogP contribution in [0.3, 0.4) is 0 Å². The molecule has 0 saturated carbocycles. The van der Waals surface area contributed by atoms with Crippen molar-refractivity contribution in [3.8, 4) is 0 Å². The third-order valence-corrected chi connectivity index (χ3v) is 3.57. The Morgan fingerprint density at radius 3 is 2.70 bits per heavy atom. The molecule has 0 aromatic carbocycles. The first-order valence-electron chi connectivity index (χ1n) is 7.89. The van der Waals surface area contributed by atoms with Gasteiger partial charge in [-0.15, -0.1) is 0 Å². The minimum Gasteiger partial charge on any atom is -0.450 e. The van der Waals surface area contributed by atoms with Gasteiger partial charge in [0.1, 0.15) is 17.5 Å². The molecule has 1 fully saturated rings. The lowest BCUT2D eigenvalue weighted by atomic mass is 10.3. The van der Waals surface area contributed by atoms with E-state index in [1.807, 2.05) is 19.9 Å². The molecule has 8 heteroatoms. The van der Waals surface area contributed by atoms with Gasteiger partial charge in [0.25, 0.3) is 0 Å². The van der Waals surface area contributed by atoms with Crippen LogP contribution in [0, 0.1) is 6.92 Å². The van der Waals surface area contributed by atoms with Crippen molar-refractivity contribution in [2.24, 2.45) is 0 Å². The van der Waals surface area contributed by atoms with Crippen LogP contribution in [-0.4, -0.2) is 74.0 Å². The lowest BCUT2D eigenvalue weighted by Crippen LogP contribution is -2.49. The van der Waals surface area contributed by atoms with Gasteiger partial charge in [-0.1, -0.05) is 0 Å². The summed E-state index contributed by atoms with van der Waals surface area (Å²) in [6.45, 7) is 8.14. The molecule has 2 heterocycles. The van der Waals surface area contributed by atoms with E-state index in [0.29, 0.717) is 32.8 Å². The molecular formula is C15H25N5O3. The van der Waals surface area contributed by atoms with Crippen LogP contribution in [0.25, 0.3) is 0 Å². The van der Waals surface area contributed by atoms with Crippen LogP contribution < -0.4 is 10.2 Å². The number of carbonyl (C=O) groups is 1. The number of ether oxygens (including phenoxy) is 2. The Labute approximate surface area is 136 Å². The lowest BCUT2D eigenvalue weighted by Gasteiger charge is -2.34. The van der Waals surface area contributed by atoms with Gasteiger partial charge in [0.2, 0.25) is 0 Å². The first-order chi connectivity index (χ1) is 11.1. The fraction of sp³-hybridized carbons (Fsp3) is 0.667. The molecule has 8 nitrogen and oxygen atoms in total. The summed E-state index contributed by atoms with van der Waals surface area (Å²) in [7, 11) is 1.67. The van der Waals surface area contributed by atoms with E-state index in [9.17, 15) is 4.79 Å². The topological polar surface area (TPSA) is 79.8 Å². The predicted molar refractivity (Wildman–Crippen MR) is 87.9 cm³/mol. The van der Waals surface area contributed by atoms with Crippen molar-refractivity contribution in [1.29, 1.82) is 0 Å². The number of hydrogen-bond donors (Lipinski definition) is 1. The first kappa shape index (κ1) is 17.3. The number of aromatic nitrogens is 2. The molecule has 1 N–H and O–H groups in total. The Balaban J connectivity index is 1.96. The molecule has 1 aromatic rings. The van der Waals surface area contributed by atoms with E-state index in [2.05, 4.69) is 20.2 Å². The smallest absolute Gasteiger partial charge is 0.409 e. The van der Waals surface area contributed by atoms with Crippen LogP contribution in [0.2, 0.25) is 0 Å². The number of methoxy groups -OCH3 is 1. The highest BCUT2D eigenvalue weighted by Crippen LogP contribution is 2.18. The number of hydrogen-bond acceptors (Lipinski definition) is 7. The Bertz CT molecular complexity index is 518.